The van der Waals surface area contributed by atoms with Gasteiger partial charge in [-0.25, -0.2) is 4.98 Å². The Labute approximate surface area is 140 Å². The quantitative estimate of drug-likeness (QED) is 0.785. The molecule has 23 heavy (non-hydrogen) atoms. The van der Waals surface area contributed by atoms with Gasteiger partial charge in [0, 0.05) is 5.56 Å². The van der Waals surface area contributed by atoms with E-state index < -0.39 is 0 Å². The van der Waals surface area contributed by atoms with Crippen LogP contribution in [0.1, 0.15) is 31.7 Å². The molecule has 0 atom stereocenters. The second-order valence-corrected chi connectivity index (χ2v) is 5.41. The number of halogens is 1. The number of rotatable bonds is 6. The molecule has 0 aliphatic rings. The van der Waals surface area contributed by atoms with E-state index in [4.69, 9.17) is 27.8 Å². The van der Waals surface area contributed by atoms with E-state index in [0.29, 0.717) is 28.6 Å². The van der Waals surface area contributed by atoms with Gasteiger partial charge in [0.05, 0.1) is 17.3 Å². The number of aromatic nitrogens is 2. The zero-order chi connectivity index (χ0) is 16.8. The summed E-state index contributed by atoms with van der Waals surface area (Å²) in [4.78, 5) is 7.89. The minimum absolute atomic E-state index is 0.00696. The van der Waals surface area contributed by atoms with Crippen LogP contribution in [0.2, 0.25) is 5.02 Å². The number of hydrogen-bond acceptors (Lipinski definition) is 6. The number of nitrogen functional groups attached to an aromatic ring is 2. The van der Waals surface area contributed by atoms with Crippen molar-refractivity contribution in [3.8, 4) is 23.1 Å². The first-order chi connectivity index (χ1) is 11.1. The minimum atomic E-state index is 0.00696. The molecule has 7 heteroatoms. The van der Waals surface area contributed by atoms with Gasteiger partial charge in [-0.1, -0.05) is 31.4 Å². The van der Waals surface area contributed by atoms with Crippen molar-refractivity contribution in [2.45, 2.75) is 26.2 Å². The Kier molecular flexibility index (Phi) is 5.61. The maximum Gasteiger partial charge on any atom is 0.222 e. The van der Waals surface area contributed by atoms with E-state index in [1.165, 1.54) is 0 Å². The summed E-state index contributed by atoms with van der Waals surface area (Å²) in [5.74, 6) is 0.651. The van der Waals surface area contributed by atoms with Crippen molar-refractivity contribution in [3.05, 3.63) is 28.8 Å². The van der Waals surface area contributed by atoms with Gasteiger partial charge < -0.3 is 16.2 Å². The number of unbranched alkanes of at least 4 members (excludes halogenated alkanes) is 2. The Bertz CT molecular complexity index is 742. The lowest BCUT2D eigenvalue weighted by Crippen LogP contribution is -2.05. The average Bonchev–Trinajstić information content (AvgIpc) is 2.52. The van der Waals surface area contributed by atoms with Crippen molar-refractivity contribution in [2.24, 2.45) is 0 Å². The van der Waals surface area contributed by atoms with Crippen LogP contribution in [0.15, 0.2) is 18.2 Å². The van der Waals surface area contributed by atoms with Crippen molar-refractivity contribution < 1.29 is 4.74 Å². The number of hydrogen-bond donors (Lipinski definition) is 2. The molecule has 0 aliphatic heterocycles. The Hall–Kier alpha value is -2.52. The molecule has 0 unspecified atom stereocenters. The van der Waals surface area contributed by atoms with Crippen molar-refractivity contribution in [3.63, 3.8) is 0 Å². The summed E-state index contributed by atoms with van der Waals surface area (Å²) >= 11 is 6.25. The lowest BCUT2D eigenvalue weighted by molar-refractivity contribution is 0.306. The predicted molar refractivity (Wildman–Crippen MR) is 91.0 cm³/mol. The number of nitrogens with two attached hydrogens (primary N) is 2. The van der Waals surface area contributed by atoms with Crippen LogP contribution in [0.5, 0.6) is 5.75 Å². The third-order valence-corrected chi connectivity index (χ3v) is 3.57. The molecule has 0 aliphatic carbocycles. The normalized spacial score (nSPS) is 10.3. The maximum atomic E-state index is 9.23. The third kappa shape index (κ3) is 4.02. The van der Waals surface area contributed by atoms with Crippen LogP contribution in [0.4, 0.5) is 11.8 Å². The molecule has 0 saturated carbocycles. The van der Waals surface area contributed by atoms with Crippen molar-refractivity contribution in [1.29, 1.82) is 5.26 Å². The number of benzene rings is 1. The third-order valence-electron chi connectivity index (χ3n) is 3.28. The summed E-state index contributed by atoms with van der Waals surface area (Å²) in [5.41, 5.74) is 12.5. The van der Waals surface area contributed by atoms with E-state index >= 15 is 0 Å². The molecular weight excluding hydrogens is 314 g/mol. The first-order valence-electron chi connectivity index (χ1n) is 7.32. The zero-order valence-corrected chi connectivity index (χ0v) is 13.6. The van der Waals surface area contributed by atoms with Crippen LogP contribution in [0.25, 0.3) is 11.3 Å². The van der Waals surface area contributed by atoms with Crippen LogP contribution in [-0.4, -0.2) is 16.6 Å². The number of nitrogens with zero attached hydrogens (tertiary/aromatic N) is 3. The fourth-order valence-electron chi connectivity index (χ4n) is 2.11. The van der Waals surface area contributed by atoms with Gasteiger partial charge in [-0.15, -0.1) is 0 Å². The SMILES string of the molecule is CCCCCOc1ccc(-c2nc(N)nc(N)c2C#N)cc1Cl. The fourth-order valence-corrected chi connectivity index (χ4v) is 2.35. The monoisotopic (exact) mass is 331 g/mol. The lowest BCUT2D eigenvalue weighted by Gasteiger charge is -2.11. The van der Waals surface area contributed by atoms with Crippen LogP contribution in [0.3, 0.4) is 0 Å². The maximum absolute atomic E-state index is 9.23. The van der Waals surface area contributed by atoms with Gasteiger partial charge in [-0.2, -0.15) is 10.2 Å². The molecule has 0 saturated heterocycles. The average molecular weight is 332 g/mol. The molecule has 1 heterocycles. The molecule has 0 spiro atoms. The number of anilines is 2. The van der Waals surface area contributed by atoms with E-state index in [2.05, 4.69) is 16.9 Å². The molecule has 0 radical (unpaired) electrons. The Morgan fingerprint density at radius 2 is 2.04 bits per heavy atom. The van der Waals surface area contributed by atoms with Crippen molar-refractivity contribution in [2.75, 3.05) is 18.1 Å². The second kappa shape index (κ2) is 7.65. The van der Waals surface area contributed by atoms with Gasteiger partial charge in [0.15, 0.2) is 0 Å². The van der Waals surface area contributed by atoms with E-state index in [1.54, 1.807) is 18.2 Å². The van der Waals surface area contributed by atoms with Gasteiger partial charge >= 0.3 is 0 Å². The molecule has 2 rings (SSSR count). The Morgan fingerprint density at radius 3 is 2.70 bits per heavy atom. The number of nitriles is 1. The summed E-state index contributed by atoms with van der Waals surface area (Å²) in [6.07, 6.45) is 3.22. The highest BCUT2D eigenvalue weighted by Gasteiger charge is 2.14. The highest BCUT2D eigenvalue weighted by atomic mass is 35.5. The highest BCUT2D eigenvalue weighted by molar-refractivity contribution is 6.32. The molecule has 2 aromatic rings. The molecule has 6 nitrogen and oxygen atoms in total. The van der Waals surface area contributed by atoms with Gasteiger partial charge in [0.25, 0.3) is 0 Å². The number of ether oxygens (including phenoxy) is 1. The fraction of sp³-hybridized carbons (Fsp3) is 0.312. The van der Waals surface area contributed by atoms with Crippen LogP contribution >= 0.6 is 11.6 Å². The van der Waals surface area contributed by atoms with Crippen LogP contribution in [0, 0.1) is 11.3 Å². The molecule has 1 aromatic heterocycles. The van der Waals surface area contributed by atoms with Crippen LogP contribution < -0.4 is 16.2 Å². The van der Waals surface area contributed by atoms with E-state index in [9.17, 15) is 5.26 Å². The summed E-state index contributed by atoms with van der Waals surface area (Å²) < 4.78 is 5.65. The highest BCUT2D eigenvalue weighted by Crippen LogP contribution is 2.32. The standard InChI is InChI=1S/C16H18ClN5O/c1-2-3-4-7-23-13-6-5-10(8-12(13)17)14-11(9-18)15(19)22-16(20)21-14/h5-6,8H,2-4,7H2,1H3,(H4,19,20,21,22). The Morgan fingerprint density at radius 1 is 1.26 bits per heavy atom. The second-order valence-electron chi connectivity index (χ2n) is 5.00. The predicted octanol–water partition coefficient (Wildman–Crippen LogP) is 3.40. The lowest BCUT2D eigenvalue weighted by atomic mass is 10.1. The minimum Gasteiger partial charge on any atom is -0.492 e. The summed E-state index contributed by atoms with van der Waals surface area (Å²) in [5, 5.41) is 9.68. The molecule has 0 fully saturated rings. The van der Waals surface area contributed by atoms with E-state index in [1.807, 2.05) is 6.07 Å². The molecule has 120 valence electrons. The molecule has 1 aromatic carbocycles. The first-order valence-corrected chi connectivity index (χ1v) is 7.70. The molecule has 4 N–H and O–H groups in total. The zero-order valence-electron chi connectivity index (χ0n) is 12.8. The first kappa shape index (κ1) is 16.8. The smallest absolute Gasteiger partial charge is 0.222 e. The molecular formula is C16H18ClN5O. The summed E-state index contributed by atoms with van der Waals surface area (Å²) in [6, 6.07) is 7.19. The van der Waals surface area contributed by atoms with Gasteiger partial charge in [-0.05, 0) is 24.6 Å². The largest absolute Gasteiger partial charge is 0.492 e. The summed E-state index contributed by atoms with van der Waals surface area (Å²) in [7, 11) is 0. The van der Waals surface area contributed by atoms with E-state index in [-0.39, 0.29) is 17.3 Å². The van der Waals surface area contributed by atoms with Gasteiger partial charge in [-0.3, -0.25) is 0 Å². The van der Waals surface area contributed by atoms with Gasteiger partial charge in [0.1, 0.15) is 23.2 Å². The molecule has 0 bridgehead atoms. The van der Waals surface area contributed by atoms with Crippen molar-refractivity contribution in [1.82, 2.24) is 9.97 Å². The molecule has 0 amide bonds. The van der Waals surface area contributed by atoms with Gasteiger partial charge in [0.2, 0.25) is 5.95 Å². The Balaban J connectivity index is 2.29. The summed E-state index contributed by atoms with van der Waals surface area (Å²) in [6.45, 7) is 2.75. The van der Waals surface area contributed by atoms with Crippen molar-refractivity contribution >= 4 is 23.4 Å². The van der Waals surface area contributed by atoms with E-state index in [0.717, 1.165) is 19.3 Å². The van der Waals surface area contributed by atoms with Crippen LogP contribution in [-0.2, 0) is 0 Å². The topological polar surface area (TPSA) is 111 Å².